The monoisotopic (exact) mass is 479 g/mol. The highest BCUT2D eigenvalue weighted by Crippen LogP contribution is 2.34. The van der Waals surface area contributed by atoms with Crippen LogP contribution in [0.25, 0.3) is 10.2 Å². The molecule has 1 aliphatic carbocycles. The van der Waals surface area contributed by atoms with Crippen molar-refractivity contribution in [3.8, 4) is 0 Å². The normalized spacial score (nSPS) is 21.6. The number of rotatable bonds is 6. The highest BCUT2D eigenvalue weighted by Gasteiger charge is 2.50. The molecule has 172 valence electrons. The fraction of sp³-hybridized carbons (Fsp3) is 0.423. The Balaban J connectivity index is 1.50. The van der Waals surface area contributed by atoms with Gasteiger partial charge in [0.1, 0.15) is 5.69 Å². The first-order chi connectivity index (χ1) is 16.1. The molecular weight excluding hydrogens is 450 g/mol. The second-order valence-corrected chi connectivity index (χ2v) is 10.4. The Labute approximate surface area is 203 Å². The Morgan fingerprint density at radius 1 is 1.15 bits per heavy atom. The standard InChI is InChI=1S/C26H29N3O2S2/c30-24-22-16-23-21(13-15-33-23)28(22)17-26(18-32,25(31)27-20-10-6-1-2-7-11-20)29(24)14-12-19-8-4-3-5-9-19/h3-5,8-9,13,15-16,18,20H,1-2,6-7,10-12,14,17H2,(H,27,31). The molecule has 0 saturated heterocycles. The lowest BCUT2D eigenvalue weighted by molar-refractivity contribution is -0.130. The molecule has 1 fully saturated rings. The largest absolute Gasteiger partial charge is 0.351 e. The van der Waals surface area contributed by atoms with E-state index in [1.165, 1.54) is 18.2 Å². The third-order valence-electron chi connectivity index (χ3n) is 7.11. The maximum Gasteiger partial charge on any atom is 0.271 e. The van der Waals surface area contributed by atoms with Crippen LogP contribution >= 0.6 is 23.6 Å². The van der Waals surface area contributed by atoms with Crippen LogP contribution in [0.4, 0.5) is 0 Å². The molecule has 1 aromatic carbocycles. The minimum Gasteiger partial charge on any atom is -0.351 e. The van der Waals surface area contributed by atoms with Crippen LogP contribution in [0.1, 0.15) is 54.6 Å². The van der Waals surface area contributed by atoms with Crippen LogP contribution in [-0.4, -0.2) is 44.8 Å². The van der Waals surface area contributed by atoms with Crippen LogP contribution in [0, 0.1) is 0 Å². The molecule has 1 saturated carbocycles. The van der Waals surface area contributed by atoms with E-state index in [4.69, 9.17) is 12.2 Å². The van der Waals surface area contributed by atoms with Gasteiger partial charge in [0.15, 0.2) is 5.54 Å². The fourth-order valence-electron chi connectivity index (χ4n) is 5.24. The van der Waals surface area contributed by atoms with E-state index in [0.29, 0.717) is 25.2 Å². The van der Waals surface area contributed by atoms with E-state index in [1.807, 2.05) is 40.3 Å². The van der Waals surface area contributed by atoms with Gasteiger partial charge < -0.3 is 14.8 Å². The summed E-state index contributed by atoms with van der Waals surface area (Å²) in [5, 5.41) is 6.85. The summed E-state index contributed by atoms with van der Waals surface area (Å²) in [6.07, 6.45) is 7.34. The number of carbonyl (C=O) groups is 2. The first-order valence-corrected chi connectivity index (χ1v) is 13.2. The number of thiocarbonyl (C=S) groups is 1. The third kappa shape index (κ3) is 4.13. The zero-order valence-corrected chi connectivity index (χ0v) is 20.3. The maximum absolute atomic E-state index is 13.9. The van der Waals surface area contributed by atoms with E-state index in [0.717, 1.165) is 41.5 Å². The Kier molecular flexibility index (Phi) is 6.34. The van der Waals surface area contributed by atoms with Crippen LogP contribution in [0.3, 0.4) is 0 Å². The van der Waals surface area contributed by atoms with Gasteiger partial charge in [0.05, 0.1) is 16.8 Å². The lowest BCUT2D eigenvalue weighted by atomic mass is 9.92. The molecule has 5 rings (SSSR count). The molecule has 33 heavy (non-hydrogen) atoms. The summed E-state index contributed by atoms with van der Waals surface area (Å²) >= 11 is 7.14. The average Bonchev–Trinajstić information content (AvgIpc) is 3.33. The lowest BCUT2D eigenvalue weighted by Gasteiger charge is -2.44. The molecule has 1 unspecified atom stereocenters. The van der Waals surface area contributed by atoms with Crippen LogP contribution < -0.4 is 5.32 Å². The van der Waals surface area contributed by atoms with Crippen LogP contribution in [0.2, 0.25) is 0 Å². The fourth-order valence-corrected chi connectivity index (χ4v) is 6.37. The number of hydrogen-bond donors (Lipinski definition) is 1. The van der Waals surface area contributed by atoms with Crippen molar-refractivity contribution >= 4 is 51.0 Å². The summed E-state index contributed by atoms with van der Waals surface area (Å²) in [6.45, 7) is 0.790. The van der Waals surface area contributed by atoms with Crippen molar-refractivity contribution in [2.45, 2.75) is 63.1 Å². The quantitative estimate of drug-likeness (QED) is 0.401. The van der Waals surface area contributed by atoms with Gasteiger partial charge in [-0.3, -0.25) is 9.59 Å². The Hall–Kier alpha value is -2.51. The van der Waals surface area contributed by atoms with E-state index in [9.17, 15) is 9.59 Å². The van der Waals surface area contributed by atoms with Gasteiger partial charge in [0.2, 0.25) is 0 Å². The molecule has 0 bridgehead atoms. The molecule has 7 heteroatoms. The van der Waals surface area contributed by atoms with Crippen molar-refractivity contribution in [1.82, 2.24) is 14.8 Å². The SMILES string of the molecule is O=C1c2cc3sccc3n2CC(C=S)(C(=O)NC2CCCCCC2)N1CCc1ccccc1. The minimum atomic E-state index is -1.19. The van der Waals surface area contributed by atoms with Gasteiger partial charge in [-0.15, -0.1) is 11.3 Å². The summed E-state index contributed by atoms with van der Waals surface area (Å²) in [7, 11) is 0. The summed E-state index contributed by atoms with van der Waals surface area (Å²) in [4.78, 5) is 29.4. The average molecular weight is 480 g/mol. The number of nitrogens with one attached hydrogen (secondary N) is 1. The number of thiophene rings is 1. The molecule has 2 amide bonds. The van der Waals surface area contributed by atoms with Crippen LogP contribution in [-0.2, 0) is 17.8 Å². The van der Waals surface area contributed by atoms with E-state index >= 15 is 0 Å². The van der Waals surface area contributed by atoms with Gasteiger partial charge >= 0.3 is 0 Å². The molecule has 0 spiro atoms. The van der Waals surface area contributed by atoms with E-state index in [1.54, 1.807) is 16.2 Å². The van der Waals surface area contributed by atoms with Gasteiger partial charge in [-0.2, -0.15) is 0 Å². The molecule has 1 aliphatic heterocycles. The summed E-state index contributed by atoms with van der Waals surface area (Å²) in [5.41, 5.74) is 1.58. The third-order valence-corrected chi connectivity index (χ3v) is 8.36. The van der Waals surface area contributed by atoms with Gasteiger partial charge in [-0.1, -0.05) is 68.2 Å². The topological polar surface area (TPSA) is 54.3 Å². The molecule has 5 nitrogen and oxygen atoms in total. The molecular formula is C26H29N3O2S2. The number of amides is 2. The van der Waals surface area contributed by atoms with Crippen LogP contribution in [0.15, 0.2) is 47.8 Å². The number of carbonyl (C=O) groups excluding carboxylic acids is 2. The maximum atomic E-state index is 13.9. The van der Waals surface area contributed by atoms with Gasteiger partial charge in [0.25, 0.3) is 11.8 Å². The number of aromatic nitrogens is 1. The second-order valence-electron chi connectivity index (χ2n) is 9.18. The van der Waals surface area contributed by atoms with Crippen molar-refractivity contribution < 1.29 is 9.59 Å². The number of benzene rings is 1. The van der Waals surface area contributed by atoms with Crippen molar-refractivity contribution in [3.63, 3.8) is 0 Å². The Morgan fingerprint density at radius 3 is 2.64 bits per heavy atom. The summed E-state index contributed by atoms with van der Waals surface area (Å²) in [6, 6.07) is 14.2. The first-order valence-electron chi connectivity index (χ1n) is 11.8. The van der Waals surface area contributed by atoms with E-state index in [-0.39, 0.29) is 17.9 Å². The molecule has 2 aromatic heterocycles. The minimum absolute atomic E-state index is 0.127. The second kappa shape index (κ2) is 9.39. The smallest absolute Gasteiger partial charge is 0.271 e. The molecule has 3 aromatic rings. The van der Waals surface area contributed by atoms with Gasteiger partial charge in [0, 0.05) is 18.0 Å². The summed E-state index contributed by atoms with van der Waals surface area (Å²) in [5.74, 6) is -0.272. The first kappa shape index (κ1) is 22.3. The predicted octanol–water partition coefficient (Wildman–Crippen LogP) is 4.98. The van der Waals surface area contributed by atoms with E-state index < -0.39 is 5.54 Å². The van der Waals surface area contributed by atoms with Crippen molar-refractivity contribution in [3.05, 3.63) is 59.1 Å². The number of nitrogens with zero attached hydrogens (tertiary/aromatic N) is 2. The van der Waals surface area contributed by atoms with Gasteiger partial charge in [-0.25, -0.2) is 0 Å². The molecule has 1 N–H and O–H groups in total. The molecule has 2 aliphatic rings. The molecule has 1 atom stereocenters. The molecule has 3 heterocycles. The van der Waals surface area contributed by atoms with E-state index in [2.05, 4.69) is 17.4 Å². The highest BCUT2D eigenvalue weighted by molar-refractivity contribution is 7.79. The summed E-state index contributed by atoms with van der Waals surface area (Å²) < 4.78 is 3.05. The van der Waals surface area contributed by atoms with Crippen molar-refractivity contribution in [1.29, 1.82) is 0 Å². The van der Waals surface area contributed by atoms with Crippen molar-refractivity contribution in [2.75, 3.05) is 6.54 Å². The Bertz CT molecular complexity index is 1160. The zero-order chi connectivity index (χ0) is 22.8. The van der Waals surface area contributed by atoms with Gasteiger partial charge in [-0.05, 0) is 42.3 Å². The van der Waals surface area contributed by atoms with Crippen molar-refractivity contribution in [2.24, 2.45) is 0 Å². The number of hydrogen-bond acceptors (Lipinski definition) is 4. The van der Waals surface area contributed by atoms with Crippen LogP contribution in [0.5, 0.6) is 0 Å². The molecule has 0 radical (unpaired) electrons. The Morgan fingerprint density at radius 2 is 1.91 bits per heavy atom. The highest BCUT2D eigenvalue weighted by atomic mass is 32.1. The number of fused-ring (bicyclic) bond motifs is 3. The zero-order valence-electron chi connectivity index (χ0n) is 18.7. The predicted molar refractivity (Wildman–Crippen MR) is 137 cm³/mol. The lowest BCUT2D eigenvalue weighted by Crippen LogP contribution is -2.67.